The highest BCUT2D eigenvalue weighted by molar-refractivity contribution is 6.05. The van der Waals surface area contributed by atoms with E-state index in [1.807, 2.05) is 6.07 Å². The molecular weight excluding hydrogens is 192 g/mol. The van der Waals surface area contributed by atoms with Crippen molar-refractivity contribution in [2.75, 3.05) is 0 Å². The molecule has 4 heteroatoms. The molecule has 0 aliphatic rings. The summed E-state index contributed by atoms with van der Waals surface area (Å²) in [6, 6.07) is 8.29. The van der Waals surface area contributed by atoms with Crippen molar-refractivity contribution in [2.24, 2.45) is 0 Å². The monoisotopic (exact) mass is 198 g/mol. The molecule has 0 amide bonds. The quantitative estimate of drug-likeness (QED) is 0.690. The molecule has 0 N–H and O–H groups in total. The van der Waals surface area contributed by atoms with Crippen LogP contribution < -0.4 is 0 Å². The van der Waals surface area contributed by atoms with Gasteiger partial charge in [-0.15, -0.1) is 0 Å². The SMILES string of the molecule is N#Cc1ccc(C(=O)c2ncco2)cc1. The van der Waals surface area contributed by atoms with Crippen LogP contribution in [0.4, 0.5) is 0 Å². The van der Waals surface area contributed by atoms with Crippen LogP contribution in [0.1, 0.15) is 21.8 Å². The molecule has 72 valence electrons. The first-order valence-corrected chi connectivity index (χ1v) is 4.25. The molecule has 0 atom stereocenters. The maximum absolute atomic E-state index is 11.7. The van der Waals surface area contributed by atoms with Crippen LogP contribution >= 0.6 is 0 Å². The topological polar surface area (TPSA) is 66.9 Å². The fourth-order valence-electron chi connectivity index (χ4n) is 1.16. The lowest BCUT2D eigenvalue weighted by Gasteiger charge is -1.95. The van der Waals surface area contributed by atoms with Gasteiger partial charge >= 0.3 is 0 Å². The number of carbonyl (C=O) groups excluding carboxylic acids is 1. The largest absolute Gasteiger partial charge is 0.442 e. The highest BCUT2D eigenvalue weighted by Crippen LogP contribution is 2.09. The minimum Gasteiger partial charge on any atom is -0.442 e. The van der Waals surface area contributed by atoms with Gasteiger partial charge in [-0.2, -0.15) is 5.26 Å². The lowest BCUT2D eigenvalue weighted by molar-refractivity contribution is 0.100. The average Bonchev–Trinajstić information content (AvgIpc) is 2.82. The molecule has 1 aromatic carbocycles. The highest BCUT2D eigenvalue weighted by Gasteiger charge is 2.12. The number of aromatic nitrogens is 1. The summed E-state index contributed by atoms with van der Waals surface area (Å²) in [5.41, 5.74) is 0.968. The summed E-state index contributed by atoms with van der Waals surface area (Å²) in [6.45, 7) is 0. The maximum atomic E-state index is 11.7. The third kappa shape index (κ3) is 1.76. The number of benzene rings is 1. The Labute approximate surface area is 85.8 Å². The van der Waals surface area contributed by atoms with Gasteiger partial charge in [-0.1, -0.05) is 0 Å². The maximum Gasteiger partial charge on any atom is 0.268 e. The molecule has 15 heavy (non-hydrogen) atoms. The summed E-state index contributed by atoms with van der Waals surface area (Å²) in [7, 11) is 0. The Hall–Kier alpha value is -2.41. The van der Waals surface area contributed by atoms with E-state index in [1.165, 1.54) is 12.5 Å². The molecule has 1 heterocycles. The Kier molecular flexibility index (Phi) is 2.30. The van der Waals surface area contributed by atoms with E-state index in [1.54, 1.807) is 24.3 Å². The minimum atomic E-state index is -0.288. The van der Waals surface area contributed by atoms with E-state index in [-0.39, 0.29) is 11.7 Å². The van der Waals surface area contributed by atoms with Crippen LogP contribution in [0.25, 0.3) is 0 Å². The van der Waals surface area contributed by atoms with Crippen molar-refractivity contribution >= 4 is 5.78 Å². The van der Waals surface area contributed by atoms with Gasteiger partial charge in [0, 0.05) is 5.56 Å². The second-order valence-electron chi connectivity index (χ2n) is 2.86. The molecule has 0 saturated heterocycles. The van der Waals surface area contributed by atoms with E-state index < -0.39 is 0 Å². The van der Waals surface area contributed by atoms with Gasteiger partial charge in [-0.25, -0.2) is 4.98 Å². The standard InChI is InChI=1S/C11H6N2O2/c12-7-8-1-3-9(4-2-8)10(14)11-13-5-6-15-11/h1-6H. The predicted molar refractivity (Wildman–Crippen MR) is 51.1 cm³/mol. The molecule has 1 aromatic heterocycles. The molecular formula is C11H6N2O2. The fraction of sp³-hybridized carbons (Fsp3) is 0. The second-order valence-corrected chi connectivity index (χ2v) is 2.86. The molecule has 0 saturated carbocycles. The number of nitrogens with zero attached hydrogens (tertiary/aromatic N) is 2. The van der Waals surface area contributed by atoms with E-state index in [0.29, 0.717) is 11.1 Å². The van der Waals surface area contributed by atoms with Crippen LogP contribution in [0.5, 0.6) is 0 Å². The molecule has 0 aliphatic heterocycles. The molecule has 0 bridgehead atoms. The normalized spacial score (nSPS) is 9.53. The number of ketones is 1. The Morgan fingerprint density at radius 2 is 2.07 bits per heavy atom. The van der Waals surface area contributed by atoms with Crippen molar-refractivity contribution in [3.63, 3.8) is 0 Å². The van der Waals surface area contributed by atoms with Crippen LogP contribution in [-0.2, 0) is 0 Å². The average molecular weight is 198 g/mol. The molecule has 2 aromatic rings. The summed E-state index contributed by atoms with van der Waals surface area (Å²) in [6.07, 6.45) is 2.76. The Balaban J connectivity index is 2.32. The third-order valence-corrected chi connectivity index (χ3v) is 1.90. The van der Waals surface area contributed by atoms with Crippen molar-refractivity contribution in [1.29, 1.82) is 5.26 Å². The van der Waals surface area contributed by atoms with Crippen LogP contribution in [0.2, 0.25) is 0 Å². The Morgan fingerprint density at radius 1 is 1.33 bits per heavy atom. The van der Waals surface area contributed by atoms with Gasteiger partial charge in [-0.05, 0) is 24.3 Å². The van der Waals surface area contributed by atoms with Gasteiger partial charge in [0.1, 0.15) is 6.26 Å². The molecule has 4 nitrogen and oxygen atoms in total. The van der Waals surface area contributed by atoms with E-state index >= 15 is 0 Å². The summed E-state index contributed by atoms with van der Waals surface area (Å²) < 4.78 is 4.88. The zero-order valence-electron chi connectivity index (χ0n) is 7.68. The summed E-state index contributed by atoms with van der Waals surface area (Å²) in [5, 5.41) is 8.59. The van der Waals surface area contributed by atoms with E-state index in [4.69, 9.17) is 9.68 Å². The molecule has 0 aliphatic carbocycles. The van der Waals surface area contributed by atoms with Gasteiger partial charge in [0.15, 0.2) is 0 Å². The Bertz CT molecular complexity index is 507. The predicted octanol–water partition coefficient (Wildman–Crippen LogP) is 1.78. The Morgan fingerprint density at radius 3 is 2.60 bits per heavy atom. The van der Waals surface area contributed by atoms with Crippen LogP contribution in [0.3, 0.4) is 0 Å². The van der Waals surface area contributed by atoms with E-state index in [2.05, 4.69) is 4.98 Å². The number of carbonyl (C=O) groups is 1. The molecule has 0 radical (unpaired) electrons. The van der Waals surface area contributed by atoms with Crippen molar-refractivity contribution in [3.8, 4) is 6.07 Å². The zero-order chi connectivity index (χ0) is 10.7. The number of nitriles is 1. The van der Waals surface area contributed by atoms with Crippen LogP contribution in [0.15, 0.2) is 41.1 Å². The molecule has 2 rings (SSSR count). The number of hydrogen-bond donors (Lipinski definition) is 0. The van der Waals surface area contributed by atoms with Crippen LogP contribution in [-0.4, -0.2) is 10.8 Å². The van der Waals surface area contributed by atoms with Crippen molar-refractivity contribution < 1.29 is 9.21 Å². The second kappa shape index (κ2) is 3.76. The first kappa shape index (κ1) is 9.16. The smallest absolute Gasteiger partial charge is 0.268 e. The van der Waals surface area contributed by atoms with Gasteiger partial charge in [0.2, 0.25) is 5.78 Å². The molecule has 0 fully saturated rings. The number of oxazole rings is 1. The van der Waals surface area contributed by atoms with Crippen molar-refractivity contribution in [1.82, 2.24) is 4.98 Å². The summed E-state index contributed by atoms with van der Waals surface area (Å²) in [4.78, 5) is 15.4. The number of rotatable bonds is 2. The van der Waals surface area contributed by atoms with Crippen molar-refractivity contribution in [3.05, 3.63) is 53.7 Å². The fourth-order valence-corrected chi connectivity index (χ4v) is 1.16. The molecule has 0 unspecified atom stereocenters. The van der Waals surface area contributed by atoms with Gasteiger partial charge in [-0.3, -0.25) is 4.79 Å². The third-order valence-electron chi connectivity index (χ3n) is 1.90. The van der Waals surface area contributed by atoms with E-state index in [0.717, 1.165) is 0 Å². The van der Waals surface area contributed by atoms with Gasteiger partial charge in [0.05, 0.1) is 17.8 Å². The zero-order valence-corrected chi connectivity index (χ0v) is 7.68. The van der Waals surface area contributed by atoms with Gasteiger partial charge < -0.3 is 4.42 Å². The number of hydrogen-bond acceptors (Lipinski definition) is 4. The lowest BCUT2D eigenvalue weighted by atomic mass is 10.1. The van der Waals surface area contributed by atoms with Gasteiger partial charge in [0.25, 0.3) is 5.89 Å². The summed E-state index contributed by atoms with van der Waals surface area (Å²) >= 11 is 0. The first-order valence-electron chi connectivity index (χ1n) is 4.25. The van der Waals surface area contributed by atoms with Crippen molar-refractivity contribution in [2.45, 2.75) is 0 Å². The lowest BCUT2D eigenvalue weighted by Crippen LogP contribution is -2.01. The first-order chi connectivity index (χ1) is 7.31. The highest BCUT2D eigenvalue weighted by atomic mass is 16.3. The van der Waals surface area contributed by atoms with E-state index in [9.17, 15) is 4.79 Å². The molecule has 0 spiro atoms. The summed E-state index contributed by atoms with van der Waals surface area (Å²) in [5.74, 6) is -0.232. The van der Waals surface area contributed by atoms with Crippen LogP contribution in [0, 0.1) is 11.3 Å². The minimum absolute atomic E-state index is 0.0553.